The van der Waals surface area contributed by atoms with E-state index in [4.69, 9.17) is 0 Å². The Labute approximate surface area is 95.9 Å². The van der Waals surface area contributed by atoms with Gasteiger partial charge in [-0.1, -0.05) is 26.0 Å². The molecule has 0 atom stereocenters. The first-order valence-electron chi connectivity index (χ1n) is 5.73. The van der Waals surface area contributed by atoms with Crippen molar-refractivity contribution in [1.82, 2.24) is 9.97 Å². The Morgan fingerprint density at radius 2 is 1.94 bits per heavy atom. The van der Waals surface area contributed by atoms with Crippen molar-refractivity contribution < 1.29 is 0 Å². The normalized spacial score (nSPS) is 11.0. The van der Waals surface area contributed by atoms with Gasteiger partial charge in [0.1, 0.15) is 11.6 Å². The first kappa shape index (κ1) is 10.9. The quantitative estimate of drug-likeness (QED) is 0.854. The van der Waals surface area contributed by atoms with Crippen molar-refractivity contribution in [3.05, 3.63) is 30.1 Å². The van der Waals surface area contributed by atoms with E-state index >= 15 is 0 Å². The lowest BCUT2D eigenvalue weighted by molar-refractivity contribution is 0.783. The van der Waals surface area contributed by atoms with Crippen LogP contribution < -0.4 is 5.32 Å². The molecule has 3 heteroatoms. The summed E-state index contributed by atoms with van der Waals surface area (Å²) in [4.78, 5) is 9.13. The van der Waals surface area contributed by atoms with Gasteiger partial charge in [0, 0.05) is 17.8 Å². The summed E-state index contributed by atoms with van der Waals surface area (Å²) in [7, 11) is 0. The second-order valence-electron chi connectivity index (χ2n) is 4.13. The zero-order chi connectivity index (χ0) is 11.5. The van der Waals surface area contributed by atoms with Crippen LogP contribution in [0.25, 0.3) is 10.9 Å². The average Bonchev–Trinajstić information content (AvgIpc) is 2.29. The van der Waals surface area contributed by atoms with Crippen molar-refractivity contribution in [2.24, 2.45) is 0 Å². The van der Waals surface area contributed by atoms with Crippen LogP contribution in [0.1, 0.15) is 32.5 Å². The third-order valence-corrected chi connectivity index (χ3v) is 2.48. The first-order valence-corrected chi connectivity index (χ1v) is 5.73. The molecule has 0 radical (unpaired) electrons. The van der Waals surface area contributed by atoms with E-state index in [2.05, 4.69) is 42.1 Å². The predicted molar refractivity (Wildman–Crippen MR) is 67.8 cm³/mol. The molecule has 1 heterocycles. The molecule has 0 amide bonds. The maximum absolute atomic E-state index is 4.57. The number of aromatic nitrogens is 2. The molecular formula is C13H17N3. The summed E-state index contributed by atoms with van der Waals surface area (Å²) in [6, 6.07) is 8.11. The van der Waals surface area contributed by atoms with Crippen LogP contribution in [0.2, 0.25) is 0 Å². The largest absolute Gasteiger partial charge is 0.370 e. The Morgan fingerprint density at radius 1 is 1.19 bits per heavy atom. The number of rotatable bonds is 3. The van der Waals surface area contributed by atoms with E-state index < -0.39 is 0 Å². The molecular weight excluding hydrogens is 198 g/mol. The third-order valence-electron chi connectivity index (χ3n) is 2.48. The van der Waals surface area contributed by atoms with Crippen LogP contribution in [-0.2, 0) is 0 Å². The van der Waals surface area contributed by atoms with Crippen LogP contribution in [0, 0.1) is 0 Å². The molecule has 0 unspecified atom stereocenters. The topological polar surface area (TPSA) is 37.8 Å². The minimum Gasteiger partial charge on any atom is -0.370 e. The van der Waals surface area contributed by atoms with Gasteiger partial charge in [0.05, 0.1) is 5.52 Å². The molecule has 0 spiro atoms. The van der Waals surface area contributed by atoms with Gasteiger partial charge in [-0.25, -0.2) is 9.97 Å². The highest BCUT2D eigenvalue weighted by molar-refractivity contribution is 5.88. The number of anilines is 1. The fourth-order valence-corrected chi connectivity index (χ4v) is 1.65. The molecule has 2 rings (SSSR count). The molecule has 2 aromatic rings. The van der Waals surface area contributed by atoms with Crippen LogP contribution in [0.4, 0.5) is 5.82 Å². The SMILES string of the molecule is CCNc1nc(C(C)C)nc2ccccc12. The summed E-state index contributed by atoms with van der Waals surface area (Å²) >= 11 is 0. The van der Waals surface area contributed by atoms with Gasteiger partial charge in [-0.2, -0.15) is 0 Å². The zero-order valence-corrected chi connectivity index (χ0v) is 9.99. The molecule has 1 N–H and O–H groups in total. The van der Waals surface area contributed by atoms with Gasteiger partial charge in [0.15, 0.2) is 0 Å². The summed E-state index contributed by atoms with van der Waals surface area (Å²) in [6.07, 6.45) is 0. The number of nitrogens with one attached hydrogen (secondary N) is 1. The number of hydrogen-bond donors (Lipinski definition) is 1. The molecule has 3 nitrogen and oxygen atoms in total. The second-order valence-corrected chi connectivity index (χ2v) is 4.13. The van der Waals surface area contributed by atoms with Crippen LogP contribution in [0.15, 0.2) is 24.3 Å². The van der Waals surface area contributed by atoms with E-state index in [1.165, 1.54) is 0 Å². The smallest absolute Gasteiger partial charge is 0.137 e. The molecule has 0 aliphatic rings. The summed E-state index contributed by atoms with van der Waals surface area (Å²) in [5.74, 6) is 2.19. The lowest BCUT2D eigenvalue weighted by Crippen LogP contribution is -2.05. The number of para-hydroxylation sites is 1. The van der Waals surface area contributed by atoms with E-state index in [1.54, 1.807) is 0 Å². The molecule has 16 heavy (non-hydrogen) atoms. The Hall–Kier alpha value is -1.64. The van der Waals surface area contributed by atoms with Gasteiger partial charge >= 0.3 is 0 Å². The van der Waals surface area contributed by atoms with Gasteiger partial charge in [-0.05, 0) is 19.1 Å². The Kier molecular flexibility index (Phi) is 3.04. The van der Waals surface area contributed by atoms with E-state index in [0.29, 0.717) is 5.92 Å². The summed E-state index contributed by atoms with van der Waals surface area (Å²) in [5, 5.41) is 4.39. The predicted octanol–water partition coefficient (Wildman–Crippen LogP) is 3.19. The van der Waals surface area contributed by atoms with E-state index in [0.717, 1.165) is 29.1 Å². The summed E-state index contributed by atoms with van der Waals surface area (Å²) in [5.41, 5.74) is 1.01. The van der Waals surface area contributed by atoms with Gasteiger partial charge in [0.2, 0.25) is 0 Å². The Morgan fingerprint density at radius 3 is 2.62 bits per heavy atom. The van der Waals surface area contributed by atoms with Crippen LogP contribution in [-0.4, -0.2) is 16.5 Å². The van der Waals surface area contributed by atoms with Gasteiger partial charge < -0.3 is 5.32 Å². The first-order chi connectivity index (χ1) is 7.72. The zero-order valence-electron chi connectivity index (χ0n) is 9.99. The van der Waals surface area contributed by atoms with Gasteiger partial charge in [0.25, 0.3) is 0 Å². The van der Waals surface area contributed by atoms with E-state index in [-0.39, 0.29) is 0 Å². The Balaban J connectivity index is 2.63. The fourth-order valence-electron chi connectivity index (χ4n) is 1.65. The average molecular weight is 215 g/mol. The molecule has 0 saturated heterocycles. The van der Waals surface area contributed by atoms with Crippen LogP contribution in [0.5, 0.6) is 0 Å². The maximum atomic E-state index is 4.57. The van der Waals surface area contributed by atoms with Crippen LogP contribution in [0.3, 0.4) is 0 Å². The molecule has 84 valence electrons. The molecule has 0 aliphatic carbocycles. The highest BCUT2D eigenvalue weighted by Crippen LogP contribution is 2.22. The number of fused-ring (bicyclic) bond motifs is 1. The van der Waals surface area contributed by atoms with E-state index in [1.807, 2.05) is 18.2 Å². The van der Waals surface area contributed by atoms with Crippen molar-refractivity contribution >= 4 is 16.7 Å². The van der Waals surface area contributed by atoms with Crippen molar-refractivity contribution in [1.29, 1.82) is 0 Å². The Bertz CT molecular complexity index is 492. The molecule has 0 fully saturated rings. The van der Waals surface area contributed by atoms with Crippen LogP contribution >= 0.6 is 0 Å². The van der Waals surface area contributed by atoms with Crippen molar-refractivity contribution in [2.45, 2.75) is 26.7 Å². The fraction of sp³-hybridized carbons (Fsp3) is 0.385. The lowest BCUT2D eigenvalue weighted by Gasteiger charge is -2.10. The molecule has 0 saturated carbocycles. The molecule has 1 aromatic heterocycles. The van der Waals surface area contributed by atoms with Gasteiger partial charge in [-0.3, -0.25) is 0 Å². The number of nitrogens with zero attached hydrogens (tertiary/aromatic N) is 2. The third kappa shape index (κ3) is 1.98. The monoisotopic (exact) mass is 215 g/mol. The minimum atomic E-state index is 0.349. The highest BCUT2D eigenvalue weighted by Gasteiger charge is 2.08. The molecule has 1 aromatic carbocycles. The second kappa shape index (κ2) is 4.47. The maximum Gasteiger partial charge on any atom is 0.137 e. The van der Waals surface area contributed by atoms with E-state index in [9.17, 15) is 0 Å². The number of hydrogen-bond acceptors (Lipinski definition) is 3. The van der Waals surface area contributed by atoms with Crippen molar-refractivity contribution in [3.8, 4) is 0 Å². The lowest BCUT2D eigenvalue weighted by atomic mass is 10.1. The minimum absolute atomic E-state index is 0.349. The van der Waals surface area contributed by atoms with Gasteiger partial charge in [-0.15, -0.1) is 0 Å². The summed E-state index contributed by atoms with van der Waals surface area (Å²) in [6.45, 7) is 7.17. The molecule has 0 aliphatic heterocycles. The molecule has 0 bridgehead atoms. The standard InChI is InChI=1S/C13H17N3/c1-4-14-13-10-7-5-6-8-11(10)15-12(16-13)9(2)3/h5-9H,4H2,1-3H3,(H,14,15,16). The summed E-state index contributed by atoms with van der Waals surface area (Å²) < 4.78 is 0. The number of benzene rings is 1. The van der Waals surface area contributed by atoms with Crippen molar-refractivity contribution in [3.63, 3.8) is 0 Å². The van der Waals surface area contributed by atoms with Crippen molar-refractivity contribution in [2.75, 3.05) is 11.9 Å². The highest BCUT2D eigenvalue weighted by atomic mass is 15.0.